The number of carbonyl (C=O) groups excluding carboxylic acids is 2. The fraction of sp³-hybridized carbons (Fsp3) is 0.250. The second-order valence-corrected chi connectivity index (χ2v) is 6.71. The van der Waals surface area contributed by atoms with E-state index in [1.165, 1.54) is 4.90 Å². The molecule has 0 saturated carbocycles. The fourth-order valence-electron chi connectivity index (χ4n) is 3.54. The zero-order chi connectivity index (χ0) is 19.1. The van der Waals surface area contributed by atoms with E-state index in [-0.39, 0.29) is 18.4 Å². The van der Waals surface area contributed by atoms with E-state index in [1.54, 1.807) is 37.3 Å². The van der Waals surface area contributed by atoms with Crippen LogP contribution in [0, 0.1) is 0 Å². The fourth-order valence-corrected chi connectivity index (χ4v) is 3.54. The number of ether oxygens (including phenoxy) is 1. The van der Waals surface area contributed by atoms with Crippen LogP contribution in [0.2, 0.25) is 0 Å². The Balaban J connectivity index is 1.70. The summed E-state index contributed by atoms with van der Waals surface area (Å²) in [5, 5.41) is 12.3. The van der Waals surface area contributed by atoms with Gasteiger partial charge in [-0.15, -0.1) is 0 Å². The Bertz CT molecular complexity index is 955. The van der Waals surface area contributed by atoms with Crippen molar-refractivity contribution in [1.82, 2.24) is 4.90 Å². The van der Waals surface area contributed by atoms with Crippen molar-refractivity contribution in [1.29, 1.82) is 0 Å². The van der Waals surface area contributed by atoms with Gasteiger partial charge in [0.05, 0.1) is 17.2 Å². The first-order valence-electron chi connectivity index (χ1n) is 8.66. The molecule has 2 aromatic rings. The Kier molecular flexibility index (Phi) is 4.07. The second kappa shape index (κ2) is 6.42. The van der Waals surface area contributed by atoms with E-state index in [0.29, 0.717) is 23.5 Å². The molecule has 0 aromatic heterocycles. The van der Waals surface area contributed by atoms with Crippen molar-refractivity contribution in [3.8, 4) is 5.75 Å². The highest BCUT2D eigenvalue weighted by Crippen LogP contribution is 2.36. The molecule has 7 heteroatoms. The predicted octanol–water partition coefficient (Wildman–Crippen LogP) is 2.23. The highest BCUT2D eigenvalue weighted by molar-refractivity contribution is 6.04. The summed E-state index contributed by atoms with van der Waals surface area (Å²) in [6.07, 6.45) is -0.708. The highest BCUT2D eigenvalue weighted by atomic mass is 16.5. The molecule has 2 aromatic carbocycles. The maximum Gasteiger partial charge on any atom is 0.312 e. The summed E-state index contributed by atoms with van der Waals surface area (Å²) < 4.78 is 5.66. The van der Waals surface area contributed by atoms with Crippen LogP contribution in [-0.4, -0.2) is 40.4 Å². The quantitative estimate of drug-likeness (QED) is 0.850. The number of carboxylic acids is 1. The third-order valence-electron chi connectivity index (χ3n) is 4.95. The van der Waals surface area contributed by atoms with Crippen LogP contribution in [0.15, 0.2) is 42.5 Å². The van der Waals surface area contributed by atoms with Crippen molar-refractivity contribution >= 4 is 23.5 Å². The summed E-state index contributed by atoms with van der Waals surface area (Å²) in [7, 11) is 0. The van der Waals surface area contributed by atoms with Crippen molar-refractivity contribution in [3.05, 3.63) is 59.2 Å². The van der Waals surface area contributed by atoms with Crippen molar-refractivity contribution in [2.45, 2.75) is 25.5 Å². The number of carbonyl (C=O) groups is 3. The van der Waals surface area contributed by atoms with Crippen molar-refractivity contribution in [2.75, 3.05) is 11.9 Å². The van der Waals surface area contributed by atoms with E-state index >= 15 is 0 Å². The van der Waals surface area contributed by atoms with Crippen LogP contribution in [0.1, 0.15) is 34.3 Å². The zero-order valence-corrected chi connectivity index (χ0v) is 14.6. The van der Waals surface area contributed by atoms with Gasteiger partial charge in [-0.3, -0.25) is 14.4 Å². The standard InChI is InChI=1S/C20H18N2O5/c1-11-18(23)21-16-8-4-7-14(17(16)27-11)19(24)22-9-12-5-2-3-6-13(12)15(10-22)20(25)26/h2-8,11,15H,9-10H2,1H3,(H,21,23)(H,25,26). The normalized spacial score (nSPS) is 20.8. The number of benzene rings is 2. The molecule has 0 spiro atoms. The van der Waals surface area contributed by atoms with Crippen molar-refractivity contribution in [2.24, 2.45) is 0 Å². The van der Waals surface area contributed by atoms with E-state index in [1.807, 2.05) is 12.1 Å². The number of aliphatic carboxylic acids is 1. The summed E-state index contributed by atoms with van der Waals surface area (Å²) in [6.45, 7) is 2.01. The average Bonchev–Trinajstić information content (AvgIpc) is 2.67. The predicted molar refractivity (Wildman–Crippen MR) is 96.7 cm³/mol. The van der Waals surface area contributed by atoms with Gasteiger partial charge in [-0.25, -0.2) is 0 Å². The molecule has 2 amide bonds. The maximum absolute atomic E-state index is 13.2. The van der Waals surface area contributed by atoms with Crippen LogP contribution in [-0.2, 0) is 16.1 Å². The smallest absolute Gasteiger partial charge is 0.312 e. The first-order valence-corrected chi connectivity index (χ1v) is 8.66. The first-order chi connectivity index (χ1) is 13.0. The highest BCUT2D eigenvalue weighted by Gasteiger charge is 2.35. The summed E-state index contributed by atoms with van der Waals surface area (Å²) in [5.41, 5.74) is 2.30. The molecule has 0 fully saturated rings. The lowest BCUT2D eigenvalue weighted by Gasteiger charge is -2.34. The summed E-state index contributed by atoms with van der Waals surface area (Å²) in [4.78, 5) is 38.2. The number of hydrogen-bond donors (Lipinski definition) is 2. The lowest BCUT2D eigenvalue weighted by atomic mass is 9.89. The molecule has 0 saturated heterocycles. The Morgan fingerprint density at radius 3 is 2.74 bits per heavy atom. The summed E-state index contributed by atoms with van der Waals surface area (Å²) >= 11 is 0. The van der Waals surface area contributed by atoms with E-state index in [9.17, 15) is 19.5 Å². The van der Waals surface area contributed by atoms with E-state index < -0.39 is 18.0 Å². The third-order valence-corrected chi connectivity index (χ3v) is 4.95. The molecule has 7 nitrogen and oxygen atoms in total. The zero-order valence-electron chi connectivity index (χ0n) is 14.6. The Morgan fingerprint density at radius 1 is 1.19 bits per heavy atom. The summed E-state index contributed by atoms with van der Waals surface area (Å²) in [6, 6.07) is 12.2. The molecule has 2 heterocycles. The van der Waals surface area contributed by atoms with Crippen LogP contribution in [0.3, 0.4) is 0 Å². The molecule has 2 aliphatic rings. The van der Waals surface area contributed by atoms with Gasteiger partial charge in [0.1, 0.15) is 0 Å². The number of carboxylic acid groups (broad SMARTS) is 1. The van der Waals surface area contributed by atoms with Gasteiger partial charge in [-0.05, 0) is 30.2 Å². The Labute approximate surface area is 155 Å². The molecule has 2 unspecified atom stereocenters. The van der Waals surface area contributed by atoms with Gasteiger partial charge in [0.25, 0.3) is 11.8 Å². The number of nitrogens with zero attached hydrogens (tertiary/aromatic N) is 1. The van der Waals surface area contributed by atoms with E-state index in [2.05, 4.69) is 5.32 Å². The first kappa shape index (κ1) is 17.1. The minimum Gasteiger partial charge on any atom is -0.481 e. The van der Waals surface area contributed by atoms with Gasteiger partial charge in [-0.1, -0.05) is 30.3 Å². The SMILES string of the molecule is CC1Oc2c(cccc2C(=O)N2Cc3ccccc3C(C(=O)O)C2)NC1=O. The van der Waals surface area contributed by atoms with Gasteiger partial charge < -0.3 is 20.1 Å². The number of nitrogens with one attached hydrogen (secondary N) is 1. The van der Waals surface area contributed by atoms with Gasteiger partial charge in [0.15, 0.2) is 11.9 Å². The molecule has 0 radical (unpaired) electrons. The number of rotatable bonds is 2. The van der Waals surface area contributed by atoms with Crippen molar-refractivity contribution in [3.63, 3.8) is 0 Å². The molecule has 2 aliphatic heterocycles. The molecular weight excluding hydrogens is 348 g/mol. The van der Waals surface area contributed by atoms with Crippen LogP contribution >= 0.6 is 0 Å². The van der Waals surface area contributed by atoms with Crippen LogP contribution < -0.4 is 10.1 Å². The largest absolute Gasteiger partial charge is 0.481 e. The molecule has 2 atom stereocenters. The monoisotopic (exact) mass is 366 g/mol. The number of anilines is 1. The van der Waals surface area contributed by atoms with Gasteiger partial charge >= 0.3 is 5.97 Å². The topological polar surface area (TPSA) is 95.9 Å². The molecule has 0 bridgehead atoms. The molecule has 27 heavy (non-hydrogen) atoms. The number of hydrogen-bond acceptors (Lipinski definition) is 4. The minimum atomic E-state index is -0.966. The molecular formula is C20H18N2O5. The number of fused-ring (bicyclic) bond motifs is 2. The maximum atomic E-state index is 13.2. The number of para-hydroxylation sites is 1. The van der Waals surface area contributed by atoms with Crippen LogP contribution in [0.25, 0.3) is 0 Å². The van der Waals surface area contributed by atoms with Crippen LogP contribution in [0.4, 0.5) is 5.69 Å². The molecule has 0 aliphatic carbocycles. The second-order valence-electron chi connectivity index (χ2n) is 6.71. The van der Waals surface area contributed by atoms with E-state index in [4.69, 9.17) is 4.74 Å². The van der Waals surface area contributed by atoms with Gasteiger partial charge in [0, 0.05) is 13.1 Å². The minimum absolute atomic E-state index is 0.0801. The van der Waals surface area contributed by atoms with Crippen molar-refractivity contribution < 1.29 is 24.2 Å². The Morgan fingerprint density at radius 2 is 1.96 bits per heavy atom. The Hall–Kier alpha value is -3.35. The van der Waals surface area contributed by atoms with Gasteiger partial charge in [-0.2, -0.15) is 0 Å². The number of amides is 2. The molecule has 138 valence electrons. The third kappa shape index (κ3) is 2.91. The van der Waals surface area contributed by atoms with Gasteiger partial charge in [0.2, 0.25) is 0 Å². The van der Waals surface area contributed by atoms with Crippen LogP contribution in [0.5, 0.6) is 5.75 Å². The summed E-state index contributed by atoms with van der Waals surface area (Å²) in [5.74, 6) is -2.02. The molecule has 4 rings (SSSR count). The average molecular weight is 366 g/mol. The van der Waals surface area contributed by atoms with E-state index in [0.717, 1.165) is 11.1 Å². The lowest BCUT2D eigenvalue weighted by molar-refractivity contribution is -0.139. The molecule has 2 N–H and O–H groups in total. The lowest BCUT2D eigenvalue weighted by Crippen LogP contribution is -2.41.